The van der Waals surface area contributed by atoms with Crippen LogP contribution in [0.1, 0.15) is 17.3 Å². The third kappa shape index (κ3) is 3.11. The molecule has 16 heavy (non-hydrogen) atoms. The number of hydrogen-bond donors (Lipinski definition) is 1. The van der Waals surface area contributed by atoms with Crippen molar-refractivity contribution in [1.82, 2.24) is 4.90 Å². The molecule has 0 aromatic heterocycles. The molecule has 1 N–H and O–H groups in total. The summed E-state index contributed by atoms with van der Waals surface area (Å²) in [4.78, 5) is 13.4. The number of carbonyl (C=O) groups excluding carboxylic acids is 1. The summed E-state index contributed by atoms with van der Waals surface area (Å²) in [6.45, 7) is 1.67. The van der Waals surface area contributed by atoms with Crippen LogP contribution in [0.2, 0.25) is 10.0 Å². The predicted molar refractivity (Wildman–Crippen MR) is 65.1 cm³/mol. The van der Waals surface area contributed by atoms with Crippen molar-refractivity contribution in [3.8, 4) is 0 Å². The van der Waals surface area contributed by atoms with Crippen LogP contribution < -0.4 is 0 Å². The minimum Gasteiger partial charge on any atom is -0.394 e. The van der Waals surface area contributed by atoms with E-state index in [0.29, 0.717) is 15.6 Å². The summed E-state index contributed by atoms with van der Waals surface area (Å²) < 4.78 is 0. The zero-order valence-electron chi connectivity index (χ0n) is 9.08. The molecule has 0 fully saturated rings. The Balaban J connectivity index is 2.96. The second-order valence-electron chi connectivity index (χ2n) is 3.61. The van der Waals surface area contributed by atoms with Gasteiger partial charge >= 0.3 is 0 Å². The first kappa shape index (κ1) is 13.3. The molecule has 1 atom stereocenters. The maximum Gasteiger partial charge on any atom is 0.254 e. The highest BCUT2D eigenvalue weighted by Crippen LogP contribution is 2.20. The summed E-state index contributed by atoms with van der Waals surface area (Å²) in [5.74, 6) is -0.217. The lowest BCUT2D eigenvalue weighted by Gasteiger charge is -2.23. The Labute approximate surface area is 105 Å². The van der Waals surface area contributed by atoms with E-state index >= 15 is 0 Å². The van der Waals surface area contributed by atoms with Crippen molar-refractivity contribution in [2.45, 2.75) is 13.0 Å². The molecule has 1 amide bonds. The maximum atomic E-state index is 11.9. The van der Waals surface area contributed by atoms with Gasteiger partial charge in [0, 0.05) is 22.7 Å². The lowest BCUT2D eigenvalue weighted by molar-refractivity contribution is 0.0682. The van der Waals surface area contributed by atoms with E-state index in [2.05, 4.69) is 0 Å². The number of hydrogen-bond acceptors (Lipinski definition) is 2. The number of carbonyl (C=O) groups is 1. The van der Waals surface area contributed by atoms with Crippen LogP contribution in [0.4, 0.5) is 0 Å². The number of aliphatic hydroxyl groups excluding tert-OH is 1. The highest BCUT2D eigenvalue weighted by molar-refractivity contribution is 6.35. The fourth-order valence-electron chi connectivity index (χ4n) is 1.20. The third-order valence-electron chi connectivity index (χ3n) is 2.36. The molecular formula is C11H13Cl2NO2. The molecule has 0 radical (unpaired) electrons. The van der Waals surface area contributed by atoms with Crippen molar-refractivity contribution < 1.29 is 9.90 Å². The molecule has 1 rings (SSSR count). The number of amides is 1. The van der Waals surface area contributed by atoms with Crippen LogP contribution in [-0.4, -0.2) is 35.6 Å². The summed E-state index contributed by atoms with van der Waals surface area (Å²) in [6.07, 6.45) is 0. The van der Waals surface area contributed by atoms with Gasteiger partial charge in [-0.1, -0.05) is 23.2 Å². The second kappa shape index (κ2) is 5.53. The molecule has 88 valence electrons. The number of halogens is 2. The first-order valence-corrected chi connectivity index (χ1v) is 5.55. The minimum absolute atomic E-state index is 0.0868. The number of nitrogens with zero attached hydrogens (tertiary/aromatic N) is 1. The van der Waals surface area contributed by atoms with E-state index < -0.39 is 0 Å². The van der Waals surface area contributed by atoms with Crippen molar-refractivity contribution >= 4 is 29.1 Å². The van der Waals surface area contributed by atoms with Gasteiger partial charge in [-0.05, 0) is 25.1 Å². The second-order valence-corrected chi connectivity index (χ2v) is 4.48. The van der Waals surface area contributed by atoms with E-state index in [-0.39, 0.29) is 18.6 Å². The van der Waals surface area contributed by atoms with E-state index in [1.165, 1.54) is 4.90 Å². The van der Waals surface area contributed by atoms with Gasteiger partial charge in [-0.15, -0.1) is 0 Å². The van der Waals surface area contributed by atoms with Crippen LogP contribution in [-0.2, 0) is 0 Å². The van der Waals surface area contributed by atoms with Crippen LogP contribution in [0.25, 0.3) is 0 Å². The highest BCUT2D eigenvalue weighted by Gasteiger charge is 2.17. The molecule has 0 aliphatic carbocycles. The first-order chi connectivity index (χ1) is 7.45. The van der Waals surface area contributed by atoms with Crippen LogP contribution in [0, 0.1) is 0 Å². The Kier molecular flexibility index (Phi) is 4.59. The molecule has 0 heterocycles. The van der Waals surface area contributed by atoms with E-state index in [4.69, 9.17) is 28.3 Å². The molecule has 3 nitrogen and oxygen atoms in total. The van der Waals surface area contributed by atoms with Gasteiger partial charge in [-0.25, -0.2) is 0 Å². The number of benzene rings is 1. The van der Waals surface area contributed by atoms with Crippen molar-refractivity contribution in [3.05, 3.63) is 33.8 Å². The lowest BCUT2D eigenvalue weighted by Crippen LogP contribution is -2.37. The summed E-state index contributed by atoms with van der Waals surface area (Å²) >= 11 is 11.6. The van der Waals surface area contributed by atoms with E-state index in [9.17, 15) is 4.79 Å². The standard InChI is InChI=1S/C11H13Cl2NO2/c1-7(6-15)14(2)11(16)8-3-9(12)5-10(13)4-8/h3-5,7,15H,6H2,1-2H3. The molecular weight excluding hydrogens is 249 g/mol. The topological polar surface area (TPSA) is 40.5 Å². The third-order valence-corrected chi connectivity index (χ3v) is 2.79. The van der Waals surface area contributed by atoms with E-state index in [1.54, 1.807) is 32.2 Å². The smallest absolute Gasteiger partial charge is 0.254 e. The lowest BCUT2D eigenvalue weighted by atomic mass is 10.2. The molecule has 5 heteroatoms. The molecule has 1 aromatic carbocycles. The Morgan fingerprint density at radius 2 is 1.88 bits per heavy atom. The monoisotopic (exact) mass is 261 g/mol. The fourth-order valence-corrected chi connectivity index (χ4v) is 1.73. The summed E-state index contributed by atoms with van der Waals surface area (Å²) in [6, 6.07) is 4.42. The van der Waals surface area contributed by atoms with Crippen molar-refractivity contribution in [1.29, 1.82) is 0 Å². The quantitative estimate of drug-likeness (QED) is 0.908. The van der Waals surface area contributed by atoms with Crippen molar-refractivity contribution in [2.24, 2.45) is 0 Å². The molecule has 1 aromatic rings. The van der Waals surface area contributed by atoms with Gasteiger partial charge in [-0.2, -0.15) is 0 Å². The van der Waals surface area contributed by atoms with E-state index in [1.807, 2.05) is 0 Å². The van der Waals surface area contributed by atoms with Crippen LogP contribution in [0.5, 0.6) is 0 Å². The van der Waals surface area contributed by atoms with Crippen molar-refractivity contribution in [2.75, 3.05) is 13.7 Å². The van der Waals surface area contributed by atoms with Gasteiger partial charge in [-0.3, -0.25) is 4.79 Å². The van der Waals surface area contributed by atoms with Gasteiger partial charge in [0.2, 0.25) is 0 Å². The molecule has 0 saturated carbocycles. The van der Waals surface area contributed by atoms with E-state index in [0.717, 1.165) is 0 Å². The number of likely N-dealkylation sites (N-methyl/N-ethyl adjacent to an activating group) is 1. The fraction of sp³-hybridized carbons (Fsp3) is 0.364. The number of rotatable bonds is 3. The van der Waals surface area contributed by atoms with Gasteiger partial charge in [0.05, 0.1) is 12.6 Å². The van der Waals surface area contributed by atoms with Gasteiger partial charge in [0.1, 0.15) is 0 Å². The Bertz CT molecular complexity index is 375. The Morgan fingerprint density at radius 3 is 2.31 bits per heavy atom. The average Bonchev–Trinajstić information content (AvgIpc) is 2.24. The van der Waals surface area contributed by atoms with Crippen LogP contribution in [0.3, 0.4) is 0 Å². The molecule has 0 spiro atoms. The summed E-state index contributed by atoms with van der Waals surface area (Å²) in [5.41, 5.74) is 0.417. The van der Waals surface area contributed by atoms with Crippen LogP contribution in [0.15, 0.2) is 18.2 Å². The summed E-state index contributed by atoms with van der Waals surface area (Å²) in [5, 5.41) is 9.80. The first-order valence-electron chi connectivity index (χ1n) is 4.79. The molecule has 0 aliphatic rings. The average molecular weight is 262 g/mol. The number of aliphatic hydroxyl groups is 1. The normalized spacial score (nSPS) is 12.3. The molecule has 0 aliphatic heterocycles. The molecule has 1 unspecified atom stereocenters. The highest BCUT2D eigenvalue weighted by atomic mass is 35.5. The minimum atomic E-state index is -0.245. The van der Waals surface area contributed by atoms with Gasteiger partial charge in [0.25, 0.3) is 5.91 Å². The Hall–Kier alpha value is -0.770. The zero-order chi connectivity index (χ0) is 12.3. The van der Waals surface area contributed by atoms with Gasteiger partial charge in [0.15, 0.2) is 0 Å². The predicted octanol–water partition coefficient (Wildman–Crippen LogP) is 2.45. The maximum absolute atomic E-state index is 11.9. The van der Waals surface area contributed by atoms with Crippen LogP contribution >= 0.6 is 23.2 Å². The Morgan fingerprint density at radius 1 is 1.38 bits per heavy atom. The largest absolute Gasteiger partial charge is 0.394 e. The summed E-state index contributed by atoms with van der Waals surface area (Å²) in [7, 11) is 1.62. The SMILES string of the molecule is CC(CO)N(C)C(=O)c1cc(Cl)cc(Cl)c1. The molecule has 0 bridgehead atoms. The van der Waals surface area contributed by atoms with Gasteiger partial charge < -0.3 is 10.0 Å². The molecule has 0 saturated heterocycles. The zero-order valence-corrected chi connectivity index (χ0v) is 10.6. The van der Waals surface area contributed by atoms with Crippen molar-refractivity contribution in [3.63, 3.8) is 0 Å².